The number of esters is 3. The molecule has 8 heteroatoms. The van der Waals surface area contributed by atoms with Crippen LogP contribution in [0.5, 0.6) is 0 Å². The van der Waals surface area contributed by atoms with Crippen LogP contribution >= 0.6 is 0 Å². The van der Waals surface area contributed by atoms with Crippen molar-refractivity contribution in [3.05, 3.63) is 35.5 Å². The predicted molar refractivity (Wildman–Crippen MR) is 145 cm³/mol. The van der Waals surface area contributed by atoms with Crippen LogP contribution in [0.3, 0.4) is 0 Å². The summed E-state index contributed by atoms with van der Waals surface area (Å²) in [5.74, 6) is -4.25. The minimum atomic E-state index is -1.11. The molecule has 9 atom stereocenters. The van der Waals surface area contributed by atoms with Gasteiger partial charge in [-0.2, -0.15) is 0 Å². The smallest absolute Gasteiger partial charge is 0.331 e. The molecule has 0 aromatic heterocycles. The van der Waals surface area contributed by atoms with Crippen molar-refractivity contribution in [1.82, 2.24) is 0 Å². The Labute approximate surface area is 232 Å². The van der Waals surface area contributed by atoms with Crippen LogP contribution in [-0.4, -0.2) is 54.2 Å². The molecule has 2 aliphatic carbocycles. The molecule has 0 N–H and O–H groups in total. The minimum absolute atomic E-state index is 0.305. The van der Waals surface area contributed by atoms with E-state index < -0.39 is 65.5 Å². The van der Waals surface area contributed by atoms with Crippen LogP contribution in [0.4, 0.5) is 0 Å². The summed E-state index contributed by atoms with van der Waals surface area (Å²) in [7, 11) is 0. The number of ether oxygens (including phenoxy) is 4. The number of hydrogen-bond acceptors (Lipinski definition) is 8. The molecular weight excluding hydrogens is 500 g/mol. The maximum atomic E-state index is 13.7. The summed E-state index contributed by atoms with van der Waals surface area (Å²) in [5.41, 5.74) is 0.993. The molecule has 0 aromatic rings. The van der Waals surface area contributed by atoms with E-state index in [-0.39, 0.29) is 11.7 Å². The second-order valence-electron chi connectivity index (χ2n) is 11.4. The Morgan fingerprint density at radius 1 is 1.03 bits per heavy atom. The number of allylic oxidation sites excluding steroid dienone is 2. The highest BCUT2D eigenvalue weighted by Gasteiger charge is 2.67. The van der Waals surface area contributed by atoms with Crippen LogP contribution in [0.2, 0.25) is 0 Å². The summed E-state index contributed by atoms with van der Waals surface area (Å²) >= 11 is 0. The molecule has 0 spiro atoms. The first-order valence-electron chi connectivity index (χ1n) is 14.2. The standard InChI is InChI=1S/C31H44O8/c1-10-16(5)14-21(32)37-28-24(31(9)15-36-31)23-20(13-4)25(33)27(39-30(35)18(7)12-3)22(23)19(8)26(28)38-29(34)17(6)11-2/h13-14,17-18,22-24,26-28H,8,10-12,15H2,1-7,9H3. The lowest BCUT2D eigenvalue weighted by Crippen LogP contribution is -2.56. The van der Waals surface area contributed by atoms with Crippen LogP contribution in [0.1, 0.15) is 74.7 Å². The van der Waals surface area contributed by atoms with E-state index in [1.807, 2.05) is 34.6 Å². The molecule has 3 rings (SSSR count). The van der Waals surface area contributed by atoms with Gasteiger partial charge in [-0.05, 0) is 51.2 Å². The summed E-state index contributed by atoms with van der Waals surface area (Å²) in [4.78, 5) is 52.7. The molecule has 8 nitrogen and oxygen atoms in total. The number of rotatable bonds is 10. The Kier molecular flexibility index (Phi) is 9.63. The van der Waals surface area contributed by atoms with Crippen LogP contribution in [-0.2, 0) is 38.1 Å². The highest BCUT2D eigenvalue weighted by molar-refractivity contribution is 6.04. The number of hydrogen-bond donors (Lipinski definition) is 0. The fourth-order valence-corrected chi connectivity index (χ4v) is 5.57. The van der Waals surface area contributed by atoms with Crippen LogP contribution in [0.15, 0.2) is 35.5 Å². The monoisotopic (exact) mass is 544 g/mol. The summed E-state index contributed by atoms with van der Waals surface area (Å²) in [6.45, 7) is 19.4. The third-order valence-corrected chi connectivity index (χ3v) is 8.75. The van der Waals surface area contributed by atoms with Crippen molar-refractivity contribution in [2.75, 3.05) is 6.61 Å². The molecule has 1 aliphatic heterocycles. The zero-order valence-corrected chi connectivity index (χ0v) is 24.6. The summed E-state index contributed by atoms with van der Waals surface area (Å²) in [5, 5.41) is 0. The van der Waals surface area contributed by atoms with Crippen molar-refractivity contribution >= 4 is 23.7 Å². The zero-order chi connectivity index (χ0) is 29.2. The van der Waals surface area contributed by atoms with Crippen molar-refractivity contribution < 1.29 is 38.1 Å². The van der Waals surface area contributed by atoms with Crippen molar-refractivity contribution in [2.45, 2.75) is 98.6 Å². The number of ketones is 1. The molecular formula is C31H44O8. The van der Waals surface area contributed by atoms with E-state index >= 15 is 0 Å². The molecule has 0 radical (unpaired) electrons. The van der Waals surface area contributed by atoms with Crippen molar-refractivity contribution in [2.24, 2.45) is 29.6 Å². The van der Waals surface area contributed by atoms with Crippen molar-refractivity contribution in [1.29, 1.82) is 0 Å². The number of fused-ring (bicyclic) bond motifs is 1. The van der Waals surface area contributed by atoms with Gasteiger partial charge in [0.25, 0.3) is 0 Å². The van der Waals surface area contributed by atoms with Gasteiger partial charge in [0, 0.05) is 23.8 Å². The van der Waals surface area contributed by atoms with Crippen molar-refractivity contribution in [3.63, 3.8) is 0 Å². The van der Waals surface area contributed by atoms with Gasteiger partial charge in [0.1, 0.15) is 6.10 Å². The Morgan fingerprint density at radius 3 is 2.03 bits per heavy atom. The molecule has 1 saturated heterocycles. The second-order valence-corrected chi connectivity index (χ2v) is 11.4. The normalized spacial score (nSPS) is 34.8. The molecule has 0 aromatic carbocycles. The highest BCUT2D eigenvalue weighted by Crippen LogP contribution is 2.58. The highest BCUT2D eigenvalue weighted by atomic mass is 16.6. The van der Waals surface area contributed by atoms with Gasteiger partial charge in [-0.3, -0.25) is 14.4 Å². The third kappa shape index (κ3) is 6.06. The Balaban J connectivity index is 2.14. The first kappa shape index (κ1) is 30.8. The summed E-state index contributed by atoms with van der Waals surface area (Å²) in [6.07, 6.45) is 1.88. The minimum Gasteiger partial charge on any atom is -0.454 e. The predicted octanol–water partition coefficient (Wildman–Crippen LogP) is 4.91. The molecule has 3 fully saturated rings. The second kappa shape index (κ2) is 12.2. The van der Waals surface area contributed by atoms with Gasteiger partial charge in [-0.25, -0.2) is 4.79 Å². The van der Waals surface area contributed by atoms with E-state index in [2.05, 4.69) is 6.58 Å². The summed E-state index contributed by atoms with van der Waals surface area (Å²) < 4.78 is 23.8. The van der Waals surface area contributed by atoms with E-state index in [1.165, 1.54) is 6.08 Å². The number of carbonyl (C=O) groups excluding carboxylic acids is 4. The van der Waals surface area contributed by atoms with E-state index in [4.69, 9.17) is 18.9 Å². The lowest BCUT2D eigenvalue weighted by atomic mass is 9.63. The topological polar surface area (TPSA) is 108 Å². The molecule has 39 heavy (non-hydrogen) atoms. The molecule has 9 unspecified atom stereocenters. The first-order valence-corrected chi connectivity index (χ1v) is 14.2. The maximum Gasteiger partial charge on any atom is 0.331 e. The van der Waals surface area contributed by atoms with Crippen LogP contribution in [0.25, 0.3) is 0 Å². The average molecular weight is 545 g/mol. The summed E-state index contributed by atoms with van der Waals surface area (Å²) in [6, 6.07) is 0. The van der Waals surface area contributed by atoms with Crippen molar-refractivity contribution in [3.8, 4) is 0 Å². The third-order valence-electron chi connectivity index (χ3n) is 8.75. The van der Waals surface area contributed by atoms with E-state index in [0.717, 1.165) is 5.57 Å². The lowest BCUT2D eigenvalue weighted by Gasteiger charge is -2.47. The zero-order valence-electron chi connectivity index (χ0n) is 24.6. The van der Waals surface area contributed by atoms with E-state index in [9.17, 15) is 19.2 Å². The van der Waals surface area contributed by atoms with Crippen LogP contribution in [0, 0.1) is 29.6 Å². The molecule has 1 heterocycles. The van der Waals surface area contributed by atoms with Gasteiger partial charge >= 0.3 is 17.9 Å². The van der Waals surface area contributed by atoms with Gasteiger partial charge in [-0.15, -0.1) is 0 Å². The number of Topliss-reactive ketones (excluding diaryl/α,β-unsaturated/α-hetero) is 1. The molecule has 216 valence electrons. The first-order chi connectivity index (χ1) is 18.3. The number of epoxide rings is 1. The van der Waals surface area contributed by atoms with E-state index in [0.29, 0.717) is 37.0 Å². The number of carbonyl (C=O) groups is 4. The fourth-order valence-electron chi connectivity index (χ4n) is 5.57. The lowest BCUT2D eigenvalue weighted by molar-refractivity contribution is -0.180. The average Bonchev–Trinajstić information content (AvgIpc) is 3.59. The van der Waals surface area contributed by atoms with Gasteiger partial charge in [0.2, 0.25) is 0 Å². The Morgan fingerprint density at radius 2 is 1.56 bits per heavy atom. The Hall–Kier alpha value is -2.74. The van der Waals surface area contributed by atoms with E-state index in [1.54, 1.807) is 26.8 Å². The Bertz CT molecular complexity index is 1060. The van der Waals surface area contributed by atoms with Gasteiger partial charge < -0.3 is 18.9 Å². The molecule has 0 bridgehead atoms. The maximum absolute atomic E-state index is 13.7. The molecule has 3 aliphatic rings. The molecule has 0 amide bonds. The van der Waals surface area contributed by atoms with Crippen LogP contribution < -0.4 is 0 Å². The van der Waals surface area contributed by atoms with Gasteiger partial charge in [-0.1, -0.05) is 52.8 Å². The molecule has 2 saturated carbocycles. The largest absolute Gasteiger partial charge is 0.454 e. The quantitative estimate of drug-likeness (QED) is 0.126. The van der Waals surface area contributed by atoms with Gasteiger partial charge in [0.15, 0.2) is 18.0 Å². The fraction of sp³-hybridized carbons (Fsp3) is 0.677. The SMILES string of the molecule is C=C1C(OC(=O)C(C)CC)C(OC(=O)C=C(C)CC)C(C2(C)CO2)C2C(=CC)C(=O)C(OC(=O)C(C)CC)C12. The van der Waals surface area contributed by atoms with Gasteiger partial charge in [0.05, 0.1) is 24.0 Å².